The Morgan fingerprint density at radius 1 is 1.35 bits per heavy atom. The number of rotatable bonds is 4. The molecule has 1 aromatic heterocycles. The predicted octanol–water partition coefficient (Wildman–Crippen LogP) is 0.881. The molecule has 3 N–H and O–H groups in total. The molecule has 88 valence electrons. The minimum Gasteiger partial charge on any atom is -0.330 e. The van der Waals surface area contributed by atoms with E-state index in [-0.39, 0.29) is 5.69 Å². The van der Waals surface area contributed by atoms with E-state index < -0.39 is 4.92 Å². The highest BCUT2D eigenvalue weighted by Gasteiger charge is 2.08. The van der Waals surface area contributed by atoms with Gasteiger partial charge in [0.15, 0.2) is 5.82 Å². The summed E-state index contributed by atoms with van der Waals surface area (Å²) in [4.78, 5) is 14.3. The lowest BCUT2D eigenvalue weighted by Gasteiger charge is -1.94. The molecule has 2 rings (SSSR count). The molecule has 7 nitrogen and oxygen atoms in total. The number of nitrogens with zero attached hydrogens (tertiary/aromatic N) is 3. The summed E-state index contributed by atoms with van der Waals surface area (Å²) >= 11 is 0. The largest absolute Gasteiger partial charge is 0.330 e. The molecule has 0 aliphatic carbocycles. The van der Waals surface area contributed by atoms with Crippen LogP contribution >= 0.6 is 0 Å². The smallest absolute Gasteiger partial charge is 0.269 e. The lowest BCUT2D eigenvalue weighted by molar-refractivity contribution is -0.384. The third-order valence-electron chi connectivity index (χ3n) is 2.25. The van der Waals surface area contributed by atoms with Crippen molar-refractivity contribution in [1.29, 1.82) is 0 Å². The minimum absolute atomic E-state index is 0.0477. The maximum atomic E-state index is 10.5. The zero-order valence-corrected chi connectivity index (χ0v) is 8.96. The van der Waals surface area contributed by atoms with Crippen LogP contribution in [0.15, 0.2) is 24.3 Å². The Morgan fingerprint density at radius 2 is 2.06 bits per heavy atom. The monoisotopic (exact) mass is 233 g/mol. The first-order valence-corrected chi connectivity index (χ1v) is 5.07. The molecular formula is C10H11N5O2. The summed E-state index contributed by atoms with van der Waals surface area (Å²) in [5.41, 5.74) is 6.18. The third kappa shape index (κ3) is 2.45. The summed E-state index contributed by atoms with van der Waals surface area (Å²) < 4.78 is 0. The lowest BCUT2D eigenvalue weighted by Crippen LogP contribution is -2.03. The van der Waals surface area contributed by atoms with E-state index >= 15 is 0 Å². The van der Waals surface area contributed by atoms with Crippen molar-refractivity contribution < 1.29 is 4.92 Å². The van der Waals surface area contributed by atoms with E-state index in [2.05, 4.69) is 15.2 Å². The number of aromatic nitrogens is 3. The number of nitro groups is 1. The van der Waals surface area contributed by atoms with Crippen molar-refractivity contribution in [2.75, 3.05) is 6.54 Å². The Balaban J connectivity index is 2.23. The van der Waals surface area contributed by atoms with Gasteiger partial charge in [-0.25, -0.2) is 4.98 Å². The van der Waals surface area contributed by atoms with E-state index in [0.29, 0.717) is 24.6 Å². The van der Waals surface area contributed by atoms with E-state index in [1.807, 2.05) is 0 Å². The van der Waals surface area contributed by atoms with E-state index in [1.165, 1.54) is 12.1 Å². The van der Waals surface area contributed by atoms with Crippen LogP contribution in [-0.4, -0.2) is 26.6 Å². The Kier molecular flexibility index (Phi) is 3.10. The molecule has 1 heterocycles. The number of non-ortho nitro benzene ring substituents is 1. The van der Waals surface area contributed by atoms with Gasteiger partial charge in [-0.3, -0.25) is 15.2 Å². The number of nitrogens with one attached hydrogen (secondary N) is 1. The van der Waals surface area contributed by atoms with E-state index in [0.717, 1.165) is 5.56 Å². The zero-order valence-electron chi connectivity index (χ0n) is 8.96. The van der Waals surface area contributed by atoms with Crippen LogP contribution in [0.5, 0.6) is 0 Å². The van der Waals surface area contributed by atoms with E-state index in [9.17, 15) is 10.1 Å². The van der Waals surface area contributed by atoms with Gasteiger partial charge < -0.3 is 5.73 Å². The van der Waals surface area contributed by atoms with Gasteiger partial charge in [0.05, 0.1) is 4.92 Å². The fraction of sp³-hybridized carbons (Fsp3) is 0.200. The minimum atomic E-state index is -0.443. The topological polar surface area (TPSA) is 111 Å². The van der Waals surface area contributed by atoms with Crippen LogP contribution in [-0.2, 0) is 6.42 Å². The fourth-order valence-corrected chi connectivity index (χ4v) is 1.41. The van der Waals surface area contributed by atoms with Gasteiger partial charge in [-0.15, -0.1) is 0 Å². The number of benzene rings is 1. The van der Waals surface area contributed by atoms with E-state index in [4.69, 9.17) is 5.73 Å². The molecule has 0 aliphatic heterocycles. The van der Waals surface area contributed by atoms with Gasteiger partial charge in [0.1, 0.15) is 5.82 Å². The normalized spacial score (nSPS) is 10.4. The van der Waals surface area contributed by atoms with Crippen molar-refractivity contribution in [2.45, 2.75) is 6.42 Å². The molecule has 0 atom stereocenters. The van der Waals surface area contributed by atoms with Crippen molar-refractivity contribution in [2.24, 2.45) is 5.73 Å². The number of H-pyrrole nitrogens is 1. The van der Waals surface area contributed by atoms with Crippen LogP contribution in [0.25, 0.3) is 11.4 Å². The molecule has 0 aliphatic rings. The van der Waals surface area contributed by atoms with Crippen molar-refractivity contribution in [3.63, 3.8) is 0 Å². The van der Waals surface area contributed by atoms with Gasteiger partial charge in [0, 0.05) is 24.1 Å². The van der Waals surface area contributed by atoms with Gasteiger partial charge in [-0.2, -0.15) is 5.10 Å². The highest BCUT2D eigenvalue weighted by atomic mass is 16.6. The molecule has 0 saturated carbocycles. The van der Waals surface area contributed by atoms with Crippen molar-refractivity contribution >= 4 is 5.69 Å². The molecular weight excluding hydrogens is 222 g/mol. The Labute approximate surface area is 96.8 Å². The summed E-state index contributed by atoms with van der Waals surface area (Å²) in [6, 6.07) is 6.09. The fourth-order valence-electron chi connectivity index (χ4n) is 1.41. The first-order chi connectivity index (χ1) is 8.20. The summed E-state index contributed by atoms with van der Waals surface area (Å²) in [7, 11) is 0. The van der Waals surface area contributed by atoms with Crippen LogP contribution in [0.2, 0.25) is 0 Å². The predicted molar refractivity (Wildman–Crippen MR) is 61.2 cm³/mol. The number of nitrogens with two attached hydrogens (primary N) is 1. The van der Waals surface area contributed by atoms with Crippen LogP contribution in [0.3, 0.4) is 0 Å². The molecule has 17 heavy (non-hydrogen) atoms. The van der Waals surface area contributed by atoms with E-state index in [1.54, 1.807) is 12.1 Å². The van der Waals surface area contributed by atoms with Gasteiger partial charge >= 0.3 is 0 Å². The standard InChI is InChI=1S/C10H11N5O2/c11-6-5-9-12-10(14-13-9)7-1-3-8(4-2-7)15(16)17/h1-4H,5-6,11H2,(H,12,13,14). The maximum Gasteiger partial charge on any atom is 0.269 e. The molecule has 0 amide bonds. The van der Waals surface area contributed by atoms with Crippen molar-refractivity contribution in [3.05, 3.63) is 40.2 Å². The molecule has 2 aromatic rings. The number of hydrogen-bond acceptors (Lipinski definition) is 5. The Morgan fingerprint density at radius 3 is 2.65 bits per heavy atom. The number of aromatic amines is 1. The Bertz CT molecular complexity index is 520. The lowest BCUT2D eigenvalue weighted by atomic mass is 10.2. The molecule has 0 unspecified atom stereocenters. The highest BCUT2D eigenvalue weighted by molar-refractivity contribution is 5.56. The molecule has 0 bridgehead atoms. The third-order valence-corrected chi connectivity index (χ3v) is 2.25. The highest BCUT2D eigenvalue weighted by Crippen LogP contribution is 2.18. The van der Waals surface area contributed by atoms with Crippen LogP contribution in [0.1, 0.15) is 5.82 Å². The van der Waals surface area contributed by atoms with Gasteiger partial charge in [-0.1, -0.05) is 0 Å². The second kappa shape index (κ2) is 4.71. The Hall–Kier alpha value is -2.28. The number of hydrogen-bond donors (Lipinski definition) is 2. The van der Waals surface area contributed by atoms with Gasteiger partial charge in [-0.05, 0) is 18.7 Å². The van der Waals surface area contributed by atoms with Gasteiger partial charge in [0.25, 0.3) is 5.69 Å². The molecule has 1 aromatic carbocycles. The summed E-state index contributed by atoms with van der Waals surface area (Å²) in [6.45, 7) is 0.495. The van der Waals surface area contributed by atoms with Crippen LogP contribution < -0.4 is 5.73 Å². The summed E-state index contributed by atoms with van der Waals surface area (Å²) in [5, 5.41) is 17.3. The number of nitro benzene ring substituents is 1. The second-order valence-corrected chi connectivity index (χ2v) is 3.45. The molecule has 0 spiro atoms. The van der Waals surface area contributed by atoms with Gasteiger partial charge in [0.2, 0.25) is 0 Å². The first kappa shape index (κ1) is 11.2. The zero-order chi connectivity index (χ0) is 12.3. The van der Waals surface area contributed by atoms with Crippen LogP contribution in [0, 0.1) is 10.1 Å². The molecule has 0 radical (unpaired) electrons. The first-order valence-electron chi connectivity index (χ1n) is 5.07. The molecule has 0 fully saturated rings. The average Bonchev–Trinajstić information content (AvgIpc) is 2.78. The summed E-state index contributed by atoms with van der Waals surface area (Å²) in [5.74, 6) is 1.23. The molecule has 0 saturated heterocycles. The average molecular weight is 233 g/mol. The SMILES string of the molecule is NCCc1nc(-c2ccc([N+](=O)[O-])cc2)n[nH]1. The quantitative estimate of drug-likeness (QED) is 0.601. The maximum absolute atomic E-state index is 10.5. The van der Waals surface area contributed by atoms with Crippen molar-refractivity contribution in [3.8, 4) is 11.4 Å². The summed E-state index contributed by atoms with van der Waals surface area (Å²) in [6.07, 6.45) is 0.625. The van der Waals surface area contributed by atoms with Crippen LogP contribution in [0.4, 0.5) is 5.69 Å². The van der Waals surface area contributed by atoms with Crippen molar-refractivity contribution in [1.82, 2.24) is 15.2 Å². The molecule has 7 heteroatoms. The second-order valence-electron chi connectivity index (χ2n) is 3.45.